The molecule has 1 aromatic heterocycles. The second-order valence-electron chi connectivity index (χ2n) is 16.4. The highest BCUT2D eigenvalue weighted by Crippen LogP contribution is 2.60. The first kappa shape index (κ1) is 36.6. The predicted molar refractivity (Wildman–Crippen MR) is 262 cm³/mol. The van der Waals surface area contributed by atoms with Crippen LogP contribution >= 0.6 is 0 Å². The SMILES string of the molecule is c1ccc(-c2cc(-c3ccc(-c4cccc(-c5cccc6c5C(c5ccccc5)(c5ccccc5)c5ccc7ccccc7c5-6)c4)c4ccccc34)nc(-c3ccccc3)n2)cc1. The molecule has 0 fully saturated rings. The number of rotatable bonds is 7. The molecule has 0 N–H and O–H groups in total. The fourth-order valence-corrected chi connectivity index (χ4v) is 10.2. The van der Waals surface area contributed by atoms with E-state index in [2.05, 4.69) is 218 Å². The van der Waals surface area contributed by atoms with Crippen LogP contribution in [0.5, 0.6) is 0 Å². The maximum absolute atomic E-state index is 5.23. The Kier molecular flexibility index (Phi) is 8.76. The van der Waals surface area contributed by atoms with Crippen LogP contribution in [0.15, 0.2) is 243 Å². The molecule has 10 aromatic carbocycles. The number of fused-ring (bicyclic) bond motifs is 6. The van der Waals surface area contributed by atoms with Crippen LogP contribution in [-0.2, 0) is 5.41 Å². The highest BCUT2D eigenvalue weighted by Gasteiger charge is 2.48. The summed E-state index contributed by atoms with van der Waals surface area (Å²) in [4.78, 5) is 10.3. The van der Waals surface area contributed by atoms with Gasteiger partial charge < -0.3 is 0 Å². The molecular weight excluding hydrogens is 761 g/mol. The topological polar surface area (TPSA) is 25.8 Å². The zero-order chi connectivity index (χ0) is 41.7. The van der Waals surface area contributed by atoms with Crippen molar-refractivity contribution < 1.29 is 0 Å². The summed E-state index contributed by atoms with van der Waals surface area (Å²) in [5, 5.41) is 4.84. The molecule has 0 unspecified atom stereocenters. The summed E-state index contributed by atoms with van der Waals surface area (Å²) < 4.78 is 0. The van der Waals surface area contributed by atoms with Crippen molar-refractivity contribution in [3.05, 3.63) is 265 Å². The van der Waals surface area contributed by atoms with Gasteiger partial charge in [0, 0.05) is 16.7 Å². The monoisotopic (exact) mass is 800 g/mol. The largest absolute Gasteiger partial charge is 0.228 e. The highest BCUT2D eigenvalue weighted by atomic mass is 14.9. The normalized spacial score (nSPS) is 12.6. The third kappa shape index (κ3) is 5.95. The van der Waals surface area contributed by atoms with E-state index in [1.165, 1.54) is 66.2 Å². The zero-order valence-electron chi connectivity index (χ0n) is 34.5. The van der Waals surface area contributed by atoms with Crippen LogP contribution in [-0.4, -0.2) is 9.97 Å². The third-order valence-corrected chi connectivity index (χ3v) is 13.0. The maximum atomic E-state index is 5.23. The van der Waals surface area contributed by atoms with Crippen LogP contribution < -0.4 is 0 Å². The molecule has 0 amide bonds. The average Bonchev–Trinajstić information content (AvgIpc) is 3.69. The third-order valence-electron chi connectivity index (χ3n) is 13.0. The standard InChI is InChI=1S/C61H40N2/c1-5-20-42(21-6-1)56-40-57(63-60(62-56)43-22-7-2-8-23-43)53-37-36-48(51-31-15-16-32-52(51)53)44-24-17-25-45(39-44)50-33-18-34-54-58-49-30-14-13-19-41(49)35-38-55(58)61(59(50)54,46-26-9-3-10-27-46)47-28-11-4-12-29-47/h1-40H. The highest BCUT2D eigenvalue weighted by molar-refractivity contribution is 6.07. The molecule has 0 saturated heterocycles. The Morgan fingerprint density at radius 1 is 0.302 bits per heavy atom. The Labute approximate surface area is 367 Å². The second-order valence-corrected chi connectivity index (χ2v) is 16.4. The fourth-order valence-electron chi connectivity index (χ4n) is 10.2. The van der Waals surface area contributed by atoms with Gasteiger partial charge in [0.1, 0.15) is 0 Å². The van der Waals surface area contributed by atoms with Crippen molar-refractivity contribution in [3.63, 3.8) is 0 Å². The summed E-state index contributed by atoms with van der Waals surface area (Å²) in [6.07, 6.45) is 0. The summed E-state index contributed by atoms with van der Waals surface area (Å²) in [5.41, 5.74) is 16.8. The molecule has 0 radical (unpaired) electrons. The molecule has 1 aliphatic rings. The van der Waals surface area contributed by atoms with Gasteiger partial charge in [0.25, 0.3) is 0 Å². The van der Waals surface area contributed by atoms with E-state index in [1.54, 1.807) is 0 Å². The molecule has 0 bridgehead atoms. The first-order chi connectivity index (χ1) is 31.3. The molecule has 2 heteroatoms. The number of benzene rings is 10. The Bertz CT molecular complexity index is 3390. The lowest BCUT2D eigenvalue weighted by Gasteiger charge is -2.35. The van der Waals surface area contributed by atoms with Crippen LogP contribution in [0.1, 0.15) is 22.3 Å². The summed E-state index contributed by atoms with van der Waals surface area (Å²) in [7, 11) is 0. The summed E-state index contributed by atoms with van der Waals surface area (Å²) in [6.45, 7) is 0. The van der Waals surface area contributed by atoms with Gasteiger partial charge in [-0.05, 0) is 89.3 Å². The van der Waals surface area contributed by atoms with E-state index >= 15 is 0 Å². The fraction of sp³-hybridized carbons (Fsp3) is 0.0164. The first-order valence-corrected chi connectivity index (χ1v) is 21.7. The van der Waals surface area contributed by atoms with Gasteiger partial charge in [0.15, 0.2) is 5.82 Å². The molecule has 0 spiro atoms. The molecule has 63 heavy (non-hydrogen) atoms. The molecule has 1 heterocycles. The molecular formula is C61H40N2. The van der Waals surface area contributed by atoms with E-state index in [4.69, 9.17) is 9.97 Å². The van der Waals surface area contributed by atoms with Gasteiger partial charge in [0.05, 0.1) is 16.8 Å². The van der Waals surface area contributed by atoms with Crippen molar-refractivity contribution in [2.45, 2.75) is 5.41 Å². The van der Waals surface area contributed by atoms with Crippen LogP contribution in [0.4, 0.5) is 0 Å². The lowest BCUT2D eigenvalue weighted by molar-refractivity contribution is 0.771. The van der Waals surface area contributed by atoms with Gasteiger partial charge in [-0.2, -0.15) is 0 Å². The first-order valence-electron chi connectivity index (χ1n) is 21.7. The molecule has 0 atom stereocenters. The van der Waals surface area contributed by atoms with E-state index in [0.29, 0.717) is 5.82 Å². The number of nitrogens with zero attached hydrogens (tertiary/aromatic N) is 2. The summed E-state index contributed by atoms with van der Waals surface area (Å²) in [6, 6.07) is 87.9. The summed E-state index contributed by atoms with van der Waals surface area (Å²) in [5.74, 6) is 0.709. The van der Waals surface area contributed by atoms with Crippen molar-refractivity contribution in [2.75, 3.05) is 0 Å². The van der Waals surface area contributed by atoms with E-state index < -0.39 is 5.41 Å². The van der Waals surface area contributed by atoms with Crippen LogP contribution in [0.3, 0.4) is 0 Å². The minimum Gasteiger partial charge on any atom is -0.228 e. The smallest absolute Gasteiger partial charge is 0.160 e. The maximum Gasteiger partial charge on any atom is 0.160 e. The van der Waals surface area contributed by atoms with Crippen LogP contribution in [0.2, 0.25) is 0 Å². The molecule has 11 aromatic rings. The van der Waals surface area contributed by atoms with Gasteiger partial charge in [-0.3, -0.25) is 0 Å². The minimum atomic E-state index is -0.549. The van der Waals surface area contributed by atoms with Gasteiger partial charge in [-0.1, -0.05) is 231 Å². The Morgan fingerprint density at radius 2 is 0.810 bits per heavy atom. The van der Waals surface area contributed by atoms with Crippen molar-refractivity contribution >= 4 is 21.5 Å². The summed E-state index contributed by atoms with van der Waals surface area (Å²) >= 11 is 0. The molecule has 1 aliphatic carbocycles. The van der Waals surface area contributed by atoms with Crippen molar-refractivity contribution in [3.8, 4) is 67.3 Å². The molecule has 294 valence electrons. The minimum absolute atomic E-state index is 0.549. The van der Waals surface area contributed by atoms with E-state index in [9.17, 15) is 0 Å². The second kappa shape index (κ2) is 15.1. The molecule has 12 rings (SSSR count). The number of hydrogen-bond acceptors (Lipinski definition) is 2. The van der Waals surface area contributed by atoms with Gasteiger partial charge in [-0.25, -0.2) is 9.97 Å². The van der Waals surface area contributed by atoms with Crippen molar-refractivity contribution in [1.82, 2.24) is 9.97 Å². The molecule has 0 saturated carbocycles. The number of hydrogen-bond donors (Lipinski definition) is 0. The Hall–Kier alpha value is -8.20. The van der Waals surface area contributed by atoms with Gasteiger partial charge in [-0.15, -0.1) is 0 Å². The van der Waals surface area contributed by atoms with Crippen molar-refractivity contribution in [1.29, 1.82) is 0 Å². The van der Waals surface area contributed by atoms with E-state index in [1.807, 2.05) is 24.3 Å². The van der Waals surface area contributed by atoms with Gasteiger partial charge in [0.2, 0.25) is 0 Å². The predicted octanol–water partition coefficient (Wildman–Crippen LogP) is 15.5. The zero-order valence-corrected chi connectivity index (χ0v) is 34.5. The Balaban J connectivity index is 1.06. The molecule has 0 aliphatic heterocycles. The van der Waals surface area contributed by atoms with Crippen LogP contribution in [0.25, 0.3) is 88.8 Å². The van der Waals surface area contributed by atoms with Crippen LogP contribution in [0, 0.1) is 0 Å². The van der Waals surface area contributed by atoms with Crippen molar-refractivity contribution in [2.24, 2.45) is 0 Å². The lowest BCUT2D eigenvalue weighted by Crippen LogP contribution is -2.29. The quantitative estimate of drug-likeness (QED) is 0.160. The van der Waals surface area contributed by atoms with Gasteiger partial charge >= 0.3 is 0 Å². The number of aromatic nitrogens is 2. The average molecular weight is 801 g/mol. The van der Waals surface area contributed by atoms with E-state index in [0.717, 1.165) is 39.0 Å². The molecule has 2 nitrogen and oxygen atoms in total. The Morgan fingerprint density at radius 3 is 1.51 bits per heavy atom. The van der Waals surface area contributed by atoms with E-state index in [-0.39, 0.29) is 0 Å². The lowest BCUT2D eigenvalue weighted by atomic mass is 9.66.